The van der Waals surface area contributed by atoms with E-state index in [-0.39, 0.29) is 18.5 Å². The maximum atomic E-state index is 12.7. The van der Waals surface area contributed by atoms with Crippen molar-refractivity contribution < 1.29 is 13.2 Å². The molecule has 0 saturated heterocycles. The van der Waals surface area contributed by atoms with Gasteiger partial charge in [-0.25, -0.2) is 8.42 Å². The third-order valence-corrected chi connectivity index (χ3v) is 6.77. The third-order valence-electron chi connectivity index (χ3n) is 5.63. The van der Waals surface area contributed by atoms with Crippen molar-refractivity contribution in [3.8, 4) is 0 Å². The highest BCUT2D eigenvalue weighted by Crippen LogP contribution is 2.23. The number of rotatable bonds is 8. The summed E-state index contributed by atoms with van der Waals surface area (Å²) in [5, 5.41) is 3.01. The summed E-state index contributed by atoms with van der Waals surface area (Å²) in [6.45, 7) is 6.25. The molecule has 0 heterocycles. The standard InChI is InChI=1S/C26H30N2O3S/c1-5-21-10-12-22(13-11-21)20(3)27-26(29)23-14-16-25(17-15-23)28(32(4,30)31)18-24-9-7-6-8-19(24)2/h6-17,20H,5,18H2,1-4H3,(H,27,29)/t20-/m0/s1. The van der Waals surface area contributed by atoms with E-state index in [9.17, 15) is 13.2 Å². The number of sulfonamides is 1. The molecule has 168 valence electrons. The first kappa shape index (κ1) is 23.5. The first-order valence-corrected chi connectivity index (χ1v) is 12.6. The van der Waals surface area contributed by atoms with E-state index in [1.54, 1.807) is 24.3 Å². The molecule has 0 unspecified atom stereocenters. The van der Waals surface area contributed by atoms with Crippen molar-refractivity contribution in [2.24, 2.45) is 0 Å². The molecule has 0 saturated carbocycles. The van der Waals surface area contributed by atoms with Gasteiger partial charge in [0, 0.05) is 5.56 Å². The van der Waals surface area contributed by atoms with Crippen LogP contribution in [-0.4, -0.2) is 20.6 Å². The second-order valence-corrected chi connectivity index (χ2v) is 9.94. The molecule has 3 aromatic carbocycles. The Morgan fingerprint density at radius 3 is 2.16 bits per heavy atom. The Hall–Kier alpha value is -3.12. The van der Waals surface area contributed by atoms with Gasteiger partial charge >= 0.3 is 0 Å². The van der Waals surface area contributed by atoms with Crippen LogP contribution >= 0.6 is 0 Å². The first-order valence-electron chi connectivity index (χ1n) is 10.7. The maximum absolute atomic E-state index is 12.7. The van der Waals surface area contributed by atoms with Gasteiger partial charge in [0.15, 0.2) is 0 Å². The van der Waals surface area contributed by atoms with Crippen LogP contribution in [0.1, 0.15) is 52.5 Å². The van der Waals surface area contributed by atoms with Crippen LogP contribution in [0.3, 0.4) is 0 Å². The van der Waals surface area contributed by atoms with Gasteiger partial charge in [-0.05, 0) is 66.8 Å². The van der Waals surface area contributed by atoms with E-state index in [0.29, 0.717) is 11.3 Å². The third kappa shape index (κ3) is 5.77. The van der Waals surface area contributed by atoms with E-state index in [0.717, 1.165) is 23.1 Å². The summed E-state index contributed by atoms with van der Waals surface area (Å²) in [5.74, 6) is -0.201. The lowest BCUT2D eigenvalue weighted by Crippen LogP contribution is -2.30. The summed E-state index contributed by atoms with van der Waals surface area (Å²) < 4.78 is 26.3. The monoisotopic (exact) mass is 450 g/mol. The zero-order valence-corrected chi connectivity index (χ0v) is 19.8. The molecule has 6 heteroatoms. The van der Waals surface area contributed by atoms with Crippen LogP contribution in [0.5, 0.6) is 0 Å². The summed E-state index contributed by atoms with van der Waals surface area (Å²) >= 11 is 0. The maximum Gasteiger partial charge on any atom is 0.251 e. The number of aryl methyl sites for hydroxylation is 2. The predicted molar refractivity (Wildman–Crippen MR) is 130 cm³/mol. The molecule has 3 rings (SSSR count). The van der Waals surface area contributed by atoms with Gasteiger partial charge in [0.25, 0.3) is 5.91 Å². The van der Waals surface area contributed by atoms with Gasteiger partial charge in [-0.2, -0.15) is 0 Å². The number of nitrogens with one attached hydrogen (secondary N) is 1. The lowest BCUT2D eigenvalue weighted by atomic mass is 10.0. The van der Waals surface area contributed by atoms with Crippen molar-refractivity contribution in [3.63, 3.8) is 0 Å². The second kappa shape index (κ2) is 10.0. The van der Waals surface area contributed by atoms with E-state index >= 15 is 0 Å². The highest BCUT2D eigenvalue weighted by atomic mass is 32.2. The number of nitrogens with zero attached hydrogens (tertiary/aromatic N) is 1. The molecule has 0 spiro atoms. The van der Waals surface area contributed by atoms with Gasteiger partial charge in [-0.3, -0.25) is 9.10 Å². The van der Waals surface area contributed by atoms with Gasteiger partial charge in [-0.15, -0.1) is 0 Å². The molecule has 0 fully saturated rings. The van der Waals surface area contributed by atoms with Gasteiger partial charge in [-0.1, -0.05) is 55.5 Å². The van der Waals surface area contributed by atoms with Crippen LogP contribution < -0.4 is 9.62 Å². The van der Waals surface area contributed by atoms with Crippen molar-refractivity contribution in [2.75, 3.05) is 10.6 Å². The minimum atomic E-state index is -3.49. The quantitative estimate of drug-likeness (QED) is 0.524. The van der Waals surface area contributed by atoms with Crippen LogP contribution in [-0.2, 0) is 23.0 Å². The minimum Gasteiger partial charge on any atom is -0.346 e. The smallest absolute Gasteiger partial charge is 0.251 e. The number of hydrogen-bond donors (Lipinski definition) is 1. The number of carbonyl (C=O) groups excluding carboxylic acids is 1. The molecule has 3 aromatic rings. The number of anilines is 1. The minimum absolute atomic E-state index is 0.137. The molecule has 1 amide bonds. The van der Waals surface area contributed by atoms with Crippen LogP contribution in [0.2, 0.25) is 0 Å². The molecular weight excluding hydrogens is 420 g/mol. The molecule has 0 radical (unpaired) electrons. The largest absolute Gasteiger partial charge is 0.346 e. The van der Waals surface area contributed by atoms with Crippen LogP contribution in [0.15, 0.2) is 72.8 Å². The molecule has 32 heavy (non-hydrogen) atoms. The molecule has 1 N–H and O–H groups in total. The Balaban J connectivity index is 1.75. The molecule has 0 aliphatic carbocycles. The highest BCUT2D eigenvalue weighted by Gasteiger charge is 2.19. The normalized spacial score (nSPS) is 12.2. The molecule has 0 bridgehead atoms. The van der Waals surface area contributed by atoms with Gasteiger partial charge in [0.1, 0.15) is 0 Å². The fourth-order valence-corrected chi connectivity index (χ4v) is 4.40. The zero-order valence-electron chi connectivity index (χ0n) is 19.0. The van der Waals surface area contributed by atoms with Crippen molar-refractivity contribution in [2.45, 2.75) is 39.8 Å². The van der Waals surface area contributed by atoms with E-state index in [2.05, 4.69) is 24.4 Å². The average Bonchev–Trinajstić information content (AvgIpc) is 2.78. The first-order chi connectivity index (χ1) is 15.2. The number of benzene rings is 3. The predicted octanol–water partition coefficient (Wildman–Crippen LogP) is 5.01. The number of amides is 1. The number of hydrogen-bond acceptors (Lipinski definition) is 3. The van der Waals surface area contributed by atoms with E-state index < -0.39 is 10.0 Å². The summed E-state index contributed by atoms with van der Waals surface area (Å²) in [4.78, 5) is 12.7. The van der Waals surface area contributed by atoms with Gasteiger partial charge in [0.2, 0.25) is 10.0 Å². The molecular formula is C26H30N2O3S. The Labute approximate surface area is 191 Å². The number of carbonyl (C=O) groups is 1. The van der Waals surface area contributed by atoms with Crippen molar-refractivity contribution in [3.05, 3.63) is 101 Å². The molecule has 0 aromatic heterocycles. The Morgan fingerprint density at radius 1 is 0.969 bits per heavy atom. The summed E-state index contributed by atoms with van der Waals surface area (Å²) in [7, 11) is -3.49. The van der Waals surface area contributed by atoms with E-state index in [4.69, 9.17) is 0 Å². The second-order valence-electron chi connectivity index (χ2n) is 8.03. The fraction of sp³-hybridized carbons (Fsp3) is 0.269. The summed E-state index contributed by atoms with van der Waals surface area (Å²) in [5.41, 5.74) is 5.25. The average molecular weight is 451 g/mol. The Kier molecular flexibility index (Phi) is 7.36. The van der Waals surface area contributed by atoms with Gasteiger partial charge in [0.05, 0.1) is 24.5 Å². The fourth-order valence-electron chi connectivity index (χ4n) is 3.53. The lowest BCUT2D eigenvalue weighted by Gasteiger charge is -2.23. The molecule has 5 nitrogen and oxygen atoms in total. The van der Waals surface area contributed by atoms with E-state index in [1.807, 2.05) is 50.2 Å². The summed E-state index contributed by atoms with van der Waals surface area (Å²) in [6, 6.07) is 22.4. The Bertz CT molecular complexity index is 1170. The molecule has 1 atom stereocenters. The Morgan fingerprint density at radius 2 is 1.59 bits per heavy atom. The van der Waals surface area contributed by atoms with Crippen LogP contribution in [0, 0.1) is 6.92 Å². The lowest BCUT2D eigenvalue weighted by molar-refractivity contribution is 0.0940. The zero-order chi connectivity index (χ0) is 23.3. The van der Waals surface area contributed by atoms with Crippen molar-refractivity contribution >= 4 is 21.6 Å². The van der Waals surface area contributed by atoms with Gasteiger partial charge < -0.3 is 5.32 Å². The highest BCUT2D eigenvalue weighted by molar-refractivity contribution is 7.92. The molecule has 0 aliphatic heterocycles. The van der Waals surface area contributed by atoms with Crippen LogP contribution in [0.4, 0.5) is 5.69 Å². The van der Waals surface area contributed by atoms with Crippen molar-refractivity contribution in [1.29, 1.82) is 0 Å². The summed E-state index contributed by atoms with van der Waals surface area (Å²) in [6.07, 6.45) is 2.17. The van der Waals surface area contributed by atoms with Crippen molar-refractivity contribution in [1.82, 2.24) is 5.32 Å². The van der Waals surface area contributed by atoms with E-state index in [1.165, 1.54) is 16.1 Å². The SMILES string of the molecule is CCc1ccc([C@H](C)NC(=O)c2ccc(N(Cc3ccccc3C)S(C)(=O)=O)cc2)cc1. The topological polar surface area (TPSA) is 66.5 Å². The molecule has 0 aliphatic rings. The van der Waals surface area contributed by atoms with Crippen LogP contribution in [0.25, 0.3) is 0 Å².